The summed E-state index contributed by atoms with van der Waals surface area (Å²) in [4.78, 5) is 2.19. The molecular weight excluding hydrogens is 254 g/mol. The maximum absolute atomic E-state index is 2.19. The van der Waals surface area contributed by atoms with Crippen LogP contribution in [0.2, 0.25) is 0 Å². The van der Waals surface area contributed by atoms with E-state index >= 15 is 0 Å². The van der Waals surface area contributed by atoms with Crippen LogP contribution in [0.25, 0.3) is 6.08 Å². The molecule has 1 heteroatoms. The lowest BCUT2D eigenvalue weighted by Crippen LogP contribution is -2.07. The number of anilines is 2. The lowest BCUT2D eigenvalue weighted by molar-refractivity contribution is 1.29. The molecule has 0 atom stereocenters. The van der Waals surface area contributed by atoms with Gasteiger partial charge in [-0.3, -0.25) is 0 Å². The molecule has 102 valence electrons. The van der Waals surface area contributed by atoms with E-state index in [-0.39, 0.29) is 0 Å². The number of hydrogen-bond donors (Lipinski definition) is 0. The van der Waals surface area contributed by atoms with E-state index in [1.807, 2.05) is 18.2 Å². The summed E-state index contributed by atoms with van der Waals surface area (Å²) in [6.45, 7) is 0. The Morgan fingerprint density at radius 1 is 0.524 bits per heavy atom. The summed E-state index contributed by atoms with van der Waals surface area (Å²) in [5.41, 5.74) is 3.49. The highest BCUT2D eigenvalue weighted by atomic mass is 15.1. The highest BCUT2D eigenvalue weighted by Crippen LogP contribution is 2.25. The number of nitrogens with zero attached hydrogens (tertiary/aromatic N) is 1. The quantitative estimate of drug-likeness (QED) is 0.606. The van der Waals surface area contributed by atoms with Crippen molar-refractivity contribution < 1.29 is 0 Å². The van der Waals surface area contributed by atoms with Gasteiger partial charge in [-0.15, -0.1) is 0 Å². The molecule has 0 radical (unpaired) electrons. The molecule has 0 saturated heterocycles. The molecule has 0 aromatic heterocycles. The highest BCUT2D eigenvalue weighted by Gasteiger charge is 2.04. The van der Waals surface area contributed by atoms with E-state index in [9.17, 15) is 0 Å². The number of para-hydroxylation sites is 2. The molecule has 1 nitrogen and oxygen atoms in total. The minimum Gasteiger partial charge on any atom is -0.317 e. The standard InChI is InChI=1S/C20H17N/c1-4-10-18(11-5-1)16-17-21(19-12-6-2-7-13-19)20-14-8-3-9-15-20/h1-17H. The number of hydrogen-bond acceptors (Lipinski definition) is 1. The van der Waals surface area contributed by atoms with E-state index in [1.165, 1.54) is 5.56 Å². The molecule has 0 aliphatic heterocycles. The summed E-state index contributed by atoms with van der Waals surface area (Å²) in [6, 6.07) is 31.1. The van der Waals surface area contributed by atoms with Crippen LogP contribution in [-0.4, -0.2) is 0 Å². The van der Waals surface area contributed by atoms with Gasteiger partial charge in [-0.25, -0.2) is 0 Å². The van der Waals surface area contributed by atoms with Crippen LogP contribution >= 0.6 is 0 Å². The Morgan fingerprint density at radius 2 is 0.952 bits per heavy atom. The van der Waals surface area contributed by atoms with Gasteiger partial charge in [0.05, 0.1) is 0 Å². The fourth-order valence-electron chi connectivity index (χ4n) is 2.22. The van der Waals surface area contributed by atoms with Crippen LogP contribution in [-0.2, 0) is 0 Å². The second kappa shape index (κ2) is 6.58. The minimum atomic E-state index is 1.15. The van der Waals surface area contributed by atoms with Gasteiger partial charge in [-0.1, -0.05) is 66.7 Å². The monoisotopic (exact) mass is 271 g/mol. The molecule has 0 heterocycles. The lowest BCUT2D eigenvalue weighted by atomic mass is 10.2. The Bertz CT molecular complexity index is 648. The van der Waals surface area contributed by atoms with Crippen molar-refractivity contribution in [3.8, 4) is 0 Å². The van der Waals surface area contributed by atoms with Crippen molar-refractivity contribution in [1.29, 1.82) is 0 Å². The second-order valence-corrected chi connectivity index (χ2v) is 4.77. The molecule has 0 unspecified atom stereocenters. The summed E-state index contributed by atoms with van der Waals surface area (Å²) < 4.78 is 0. The van der Waals surface area contributed by atoms with Gasteiger partial charge in [0.1, 0.15) is 0 Å². The van der Waals surface area contributed by atoms with Crippen LogP contribution in [0.4, 0.5) is 11.4 Å². The molecule has 0 aliphatic carbocycles. The third-order valence-electron chi connectivity index (χ3n) is 3.28. The molecule has 3 rings (SSSR count). The van der Waals surface area contributed by atoms with Crippen LogP contribution < -0.4 is 4.90 Å². The molecule has 0 aliphatic rings. The number of benzene rings is 3. The molecule has 0 bridgehead atoms. The fraction of sp³-hybridized carbons (Fsp3) is 0. The van der Waals surface area contributed by atoms with E-state index in [4.69, 9.17) is 0 Å². The molecule has 3 aromatic rings. The molecule has 0 N–H and O–H groups in total. The van der Waals surface area contributed by atoms with Crippen molar-refractivity contribution in [2.45, 2.75) is 0 Å². The Kier molecular flexibility index (Phi) is 4.13. The van der Waals surface area contributed by atoms with Crippen LogP contribution in [0.15, 0.2) is 97.2 Å². The first kappa shape index (κ1) is 13.2. The summed E-state index contributed by atoms with van der Waals surface area (Å²) >= 11 is 0. The van der Waals surface area contributed by atoms with Crippen LogP contribution in [0, 0.1) is 0 Å². The normalized spacial score (nSPS) is 10.7. The van der Waals surface area contributed by atoms with Gasteiger partial charge in [-0.2, -0.15) is 0 Å². The summed E-state index contributed by atoms with van der Waals surface area (Å²) in [6.07, 6.45) is 4.24. The minimum absolute atomic E-state index is 1.15. The van der Waals surface area contributed by atoms with Crippen molar-refractivity contribution in [2.75, 3.05) is 4.90 Å². The van der Waals surface area contributed by atoms with Gasteiger partial charge in [0.15, 0.2) is 0 Å². The van der Waals surface area contributed by atoms with Crippen molar-refractivity contribution in [1.82, 2.24) is 0 Å². The average Bonchev–Trinajstić information content (AvgIpc) is 2.58. The smallest absolute Gasteiger partial charge is 0.0455 e. The van der Waals surface area contributed by atoms with Gasteiger partial charge < -0.3 is 4.90 Å². The van der Waals surface area contributed by atoms with Crippen molar-refractivity contribution >= 4 is 17.5 Å². The van der Waals surface area contributed by atoms with Gasteiger partial charge in [0.25, 0.3) is 0 Å². The zero-order chi connectivity index (χ0) is 14.3. The van der Waals surface area contributed by atoms with E-state index < -0.39 is 0 Å². The largest absolute Gasteiger partial charge is 0.317 e. The third kappa shape index (κ3) is 3.40. The average molecular weight is 271 g/mol. The van der Waals surface area contributed by atoms with Crippen LogP contribution in [0.5, 0.6) is 0 Å². The Morgan fingerprint density at radius 3 is 1.43 bits per heavy atom. The van der Waals surface area contributed by atoms with E-state index in [0.717, 1.165) is 11.4 Å². The second-order valence-electron chi connectivity index (χ2n) is 4.77. The van der Waals surface area contributed by atoms with E-state index in [1.54, 1.807) is 0 Å². The SMILES string of the molecule is C(=CN(c1ccccc1)c1ccccc1)c1ccccc1. The molecular formula is C20H17N. The van der Waals surface area contributed by atoms with Crippen LogP contribution in [0.1, 0.15) is 5.56 Å². The summed E-state index contributed by atoms with van der Waals surface area (Å²) in [5, 5.41) is 0. The Labute approximate surface area is 125 Å². The van der Waals surface area contributed by atoms with E-state index in [0.29, 0.717) is 0 Å². The predicted molar refractivity (Wildman–Crippen MR) is 90.5 cm³/mol. The first-order valence-electron chi connectivity index (χ1n) is 7.06. The maximum atomic E-state index is 2.19. The molecule has 21 heavy (non-hydrogen) atoms. The fourth-order valence-corrected chi connectivity index (χ4v) is 2.22. The lowest BCUT2D eigenvalue weighted by Gasteiger charge is -2.20. The maximum Gasteiger partial charge on any atom is 0.0455 e. The summed E-state index contributed by atoms with van der Waals surface area (Å²) in [5.74, 6) is 0. The van der Waals surface area contributed by atoms with Crippen LogP contribution in [0.3, 0.4) is 0 Å². The molecule has 0 spiro atoms. The molecule has 0 fully saturated rings. The zero-order valence-corrected chi connectivity index (χ0v) is 11.8. The number of rotatable bonds is 4. The van der Waals surface area contributed by atoms with Crippen molar-refractivity contribution in [2.24, 2.45) is 0 Å². The molecule has 0 amide bonds. The molecule has 0 saturated carbocycles. The van der Waals surface area contributed by atoms with Crippen molar-refractivity contribution in [3.05, 3.63) is 103 Å². The first-order valence-corrected chi connectivity index (χ1v) is 7.06. The van der Waals surface area contributed by atoms with Crippen molar-refractivity contribution in [3.63, 3.8) is 0 Å². The van der Waals surface area contributed by atoms with Gasteiger partial charge in [-0.05, 0) is 35.9 Å². The first-order chi connectivity index (χ1) is 10.4. The predicted octanol–water partition coefficient (Wildman–Crippen LogP) is 5.50. The highest BCUT2D eigenvalue weighted by molar-refractivity contribution is 5.69. The van der Waals surface area contributed by atoms with Gasteiger partial charge in [0, 0.05) is 17.6 Å². The van der Waals surface area contributed by atoms with Gasteiger partial charge in [0.2, 0.25) is 0 Å². The van der Waals surface area contributed by atoms with Gasteiger partial charge >= 0.3 is 0 Å². The topological polar surface area (TPSA) is 3.24 Å². The zero-order valence-electron chi connectivity index (χ0n) is 11.8. The third-order valence-corrected chi connectivity index (χ3v) is 3.28. The summed E-state index contributed by atoms with van der Waals surface area (Å²) in [7, 11) is 0. The Balaban J connectivity index is 1.96. The Hall–Kier alpha value is -2.80. The van der Waals surface area contributed by atoms with E-state index in [2.05, 4.69) is 90.0 Å². The molecule has 3 aromatic carbocycles.